The molecule has 2 fully saturated rings. The summed E-state index contributed by atoms with van der Waals surface area (Å²) in [6.45, 7) is 2.77. The molecule has 0 unspecified atom stereocenters. The molecule has 130 valence electrons. The Bertz CT molecular complexity index is 594. The van der Waals surface area contributed by atoms with Crippen molar-refractivity contribution in [3.63, 3.8) is 0 Å². The summed E-state index contributed by atoms with van der Waals surface area (Å²) < 4.78 is 0. The van der Waals surface area contributed by atoms with E-state index >= 15 is 0 Å². The largest absolute Gasteiger partial charge is 0.481 e. The van der Waals surface area contributed by atoms with E-state index in [1.165, 1.54) is 6.08 Å². The first kappa shape index (κ1) is 17.6. The zero-order valence-electron chi connectivity index (χ0n) is 13.1. The van der Waals surface area contributed by atoms with Crippen molar-refractivity contribution in [3.8, 4) is 0 Å². The lowest BCUT2D eigenvalue weighted by atomic mass is 9.86. The summed E-state index contributed by atoms with van der Waals surface area (Å²) in [4.78, 5) is 59.7. The van der Waals surface area contributed by atoms with E-state index in [4.69, 9.17) is 5.11 Å². The Labute approximate surface area is 138 Å². The maximum atomic E-state index is 12.0. The summed E-state index contributed by atoms with van der Waals surface area (Å²) in [7, 11) is 0. The van der Waals surface area contributed by atoms with E-state index in [1.54, 1.807) is 0 Å². The van der Waals surface area contributed by atoms with Crippen molar-refractivity contribution >= 4 is 29.7 Å². The van der Waals surface area contributed by atoms with Gasteiger partial charge in [-0.2, -0.15) is 0 Å². The standard InChI is InChI=1S/C15H19N3O6/c1-2-7-17-12(20)13(21)18(15(17)24)8-11(19)16-10-5-3-9(4-6-10)14(22)23/h2,9-10H,1,3-8H2,(H,16,19)(H,22,23). The fourth-order valence-corrected chi connectivity index (χ4v) is 2.88. The minimum atomic E-state index is -1.04. The van der Waals surface area contributed by atoms with Gasteiger partial charge >= 0.3 is 23.8 Å². The van der Waals surface area contributed by atoms with E-state index in [0.29, 0.717) is 30.6 Å². The van der Waals surface area contributed by atoms with Crippen LogP contribution in [0, 0.1) is 5.92 Å². The SMILES string of the molecule is C=CCN1C(=O)C(=O)N(CC(=O)NC2CCC(C(=O)O)CC2)C1=O. The van der Waals surface area contributed by atoms with Crippen LogP contribution >= 0.6 is 0 Å². The van der Waals surface area contributed by atoms with Gasteiger partial charge in [0, 0.05) is 12.6 Å². The number of carbonyl (C=O) groups is 5. The normalized spacial score (nSPS) is 24.2. The molecule has 0 spiro atoms. The van der Waals surface area contributed by atoms with Crippen LogP contribution in [-0.2, 0) is 19.2 Å². The van der Waals surface area contributed by atoms with Crippen LogP contribution < -0.4 is 5.32 Å². The van der Waals surface area contributed by atoms with Crippen molar-refractivity contribution in [2.45, 2.75) is 31.7 Å². The van der Waals surface area contributed by atoms with Crippen LogP contribution in [0.1, 0.15) is 25.7 Å². The molecule has 0 aromatic carbocycles. The van der Waals surface area contributed by atoms with Crippen LogP contribution in [0.2, 0.25) is 0 Å². The molecule has 1 saturated carbocycles. The first-order valence-corrected chi connectivity index (χ1v) is 7.65. The van der Waals surface area contributed by atoms with Gasteiger partial charge in [0.2, 0.25) is 5.91 Å². The summed E-state index contributed by atoms with van der Waals surface area (Å²) in [6, 6.07) is -1.03. The minimum Gasteiger partial charge on any atom is -0.481 e. The zero-order valence-corrected chi connectivity index (χ0v) is 13.1. The lowest BCUT2D eigenvalue weighted by Crippen LogP contribution is -2.46. The fourth-order valence-electron chi connectivity index (χ4n) is 2.88. The van der Waals surface area contributed by atoms with Crippen molar-refractivity contribution in [1.82, 2.24) is 15.1 Å². The molecule has 1 saturated heterocycles. The molecule has 1 aliphatic carbocycles. The molecular formula is C15H19N3O6. The van der Waals surface area contributed by atoms with Crippen molar-refractivity contribution in [2.24, 2.45) is 5.92 Å². The quantitative estimate of drug-likeness (QED) is 0.390. The number of carboxylic acids is 1. The summed E-state index contributed by atoms with van der Waals surface area (Å²) in [5.41, 5.74) is 0. The van der Waals surface area contributed by atoms with Crippen molar-refractivity contribution < 1.29 is 29.1 Å². The molecular weight excluding hydrogens is 318 g/mol. The van der Waals surface area contributed by atoms with Crippen LogP contribution in [0.4, 0.5) is 4.79 Å². The predicted molar refractivity (Wildman–Crippen MR) is 80.5 cm³/mol. The first-order chi connectivity index (χ1) is 11.3. The topological polar surface area (TPSA) is 124 Å². The summed E-state index contributed by atoms with van der Waals surface area (Å²) in [5.74, 6) is -3.80. The molecule has 2 rings (SSSR count). The average Bonchev–Trinajstić information content (AvgIpc) is 2.73. The van der Waals surface area contributed by atoms with Crippen LogP contribution in [-0.4, -0.2) is 63.8 Å². The zero-order chi connectivity index (χ0) is 17.9. The van der Waals surface area contributed by atoms with Crippen LogP contribution in [0.5, 0.6) is 0 Å². The van der Waals surface area contributed by atoms with Gasteiger partial charge in [-0.05, 0) is 25.7 Å². The van der Waals surface area contributed by atoms with Crippen LogP contribution in [0.25, 0.3) is 0 Å². The van der Waals surface area contributed by atoms with Gasteiger partial charge in [0.1, 0.15) is 6.54 Å². The van der Waals surface area contributed by atoms with Gasteiger partial charge in [-0.15, -0.1) is 6.58 Å². The highest BCUT2D eigenvalue weighted by Crippen LogP contribution is 2.24. The predicted octanol–water partition coefficient (Wildman–Crippen LogP) is -0.277. The van der Waals surface area contributed by atoms with Crippen LogP contribution in [0.3, 0.4) is 0 Å². The fraction of sp³-hybridized carbons (Fsp3) is 0.533. The molecule has 24 heavy (non-hydrogen) atoms. The van der Waals surface area contributed by atoms with E-state index < -0.39 is 42.2 Å². The second-order valence-electron chi connectivity index (χ2n) is 5.83. The Morgan fingerprint density at radius 1 is 1.12 bits per heavy atom. The van der Waals surface area contributed by atoms with E-state index in [9.17, 15) is 24.0 Å². The van der Waals surface area contributed by atoms with Gasteiger partial charge in [-0.3, -0.25) is 24.1 Å². The number of nitrogens with one attached hydrogen (secondary N) is 1. The molecule has 9 heteroatoms. The van der Waals surface area contributed by atoms with Crippen molar-refractivity contribution in [2.75, 3.05) is 13.1 Å². The number of carbonyl (C=O) groups excluding carboxylic acids is 4. The number of carboxylic acid groups (broad SMARTS) is 1. The third-order valence-corrected chi connectivity index (χ3v) is 4.19. The van der Waals surface area contributed by atoms with E-state index in [1.807, 2.05) is 0 Å². The second kappa shape index (κ2) is 7.24. The van der Waals surface area contributed by atoms with Gasteiger partial charge in [-0.1, -0.05) is 6.08 Å². The van der Waals surface area contributed by atoms with Crippen molar-refractivity contribution in [3.05, 3.63) is 12.7 Å². The monoisotopic (exact) mass is 337 g/mol. The number of amides is 5. The number of hydrogen-bond donors (Lipinski definition) is 2. The molecule has 0 radical (unpaired) electrons. The Kier molecular flexibility index (Phi) is 5.32. The Hall–Kier alpha value is -2.71. The molecule has 2 aliphatic rings. The lowest BCUT2D eigenvalue weighted by Gasteiger charge is -2.27. The Balaban J connectivity index is 1.88. The van der Waals surface area contributed by atoms with Gasteiger partial charge < -0.3 is 10.4 Å². The van der Waals surface area contributed by atoms with Crippen molar-refractivity contribution in [1.29, 1.82) is 0 Å². The number of aliphatic carboxylic acids is 1. The van der Waals surface area contributed by atoms with Gasteiger partial charge in [0.15, 0.2) is 0 Å². The van der Waals surface area contributed by atoms with Gasteiger partial charge in [0.25, 0.3) is 0 Å². The highest BCUT2D eigenvalue weighted by molar-refractivity contribution is 6.45. The second-order valence-corrected chi connectivity index (χ2v) is 5.83. The summed E-state index contributed by atoms with van der Waals surface area (Å²) in [6.07, 6.45) is 3.28. The highest BCUT2D eigenvalue weighted by atomic mass is 16.4. The van der Waals surface area contributed by atoms with E-state index in [2.05, 4.69) is 11.9 Å². The smallest absolute Gasteiger partial charge is 0.335 e. The number of imide groups is 2. The number of urea groups is 1. The van der Waals surface area contributed by atoms with E-state index in [-0.39, 0.29) is 12.6 Å². The van der Waals surface area contributed by atoms with Gasteiger partial charge in [-0.25, -0.2) is 9.69 Å². The summed E-state index contributed by atoms with van der Waals surface area (Å²) in [5, 5.41) is 11.6. The molecule has 1 heterocycles. The molecule has 0 aromatic rings. The first-order valence-electron chi connectivity index (χ1n) is 7.65. The molecule has 0 bridgehead atoms. The Morgan fingerprint density at radius 3 is 2.25 bits per heavy atom. The third kappa shape index (κ3) is 3.61. The Morgan fingerprint density at radius 2 is 1.71 bits per heavy atom. The number of nitrogens with zero attached hydrogens (tertiary/aromatic N) is 2. The summed E-state index contributed by atoms with van der Waals surface area (Å²) >= 11 is 0. The maximum Gasteiger partial charge on any atom is 0.335 e. The number of rotatable bonds is 6. The minimum absolute atomic E-state index is 0.0965. The molecule has 0 atom stereocenters. The molecule has 0 aromatic heterocycles. The molecule has 1 aliphatic heterocycles. The van der Waals surface area contributed by atoms with Crippen LogP contribution in [0.15, 0.2) is 12.7 Å². The molecule has 5 amide bonds. The lowest BCUT2D eigenvalue weighted by molar-refractivity contribution is -0.144. The molecule has 9 nitrogen and oxygen atoms in total. The number of hydrogen-bond acceptors (Lipinski definition) is 5. The van der Waals surface area contributed by atoms with Gasteiger partial charge in [0.05, 0.1) is 5.92 Å². The maximum absolute atomic E-state index is 12.0. The van der Waals surface area contributed by atoms with E-state index in [0.717, 1.165) is 4.90 Å². The highest BCUT2D eigenvalue weighted by Gasteiger charge is 2.44. The third-order valence-electron chi connectivity index (χ3n) is 4.19. The average molecular weight is 337 g/mol. The molecule has 2 N–H and O–H groups in total.